The van der Waals surface area contributed by atoms with E-state index < -0.39 is 5.97 Å². The average molecular weight is 292 g/mol. The number of carbonyl (C=O) groups is 1. The van der Waals surface area contributed by atoms with Crippen LogP contribution in [0.2, 0.25) is 0 Å². The minimum Gasteiger partial charge on any atom is -0.478 e. The van der Waals surface area contributed by atoms with Crippen molar-refractivity contribution < 1.29 is 9.90 Å². The summed E-state index contributed by atoms with van der Waals surface area (Å²) < 4.78 is 0. The van der Waals surface area contributed by atoms with Gasteiger partial charge in [-0.05, 0) is 37.3 Å². The van der Waals surface area contributed by atoms with Crippen LogP contribution in [0, 0.1) is 0 Å². The van der Waals surface area contributed by atoms with Crippen molar-refractivity contribution in [1.82, 2.24) is 0 Å². The van der Waals surface area contributed by atoms with Crippen LogP contribution < -0.4 is 11.5 Å². The zero-order valence-electron chi connectivity index (χ0n) is 12.9. The molecule has 0 aliphatic rings. The van der Waals surface area contributed by atoms with Crippen molar-refractivity contribution >= 4 is 5.97 Å². The summed E-state index contributed by atoms with van der Waals surface area (Å²) in [6.07, 6.45) is 6.86. The first-order valence-corrected chi connectivity index (χ1v) is 7.87. The lowest BCUT2D eigenvalue weighted by Crippen LogP contribution is -2.31. The Morgan fingerprint density at radius 2 is 1.81 bits per heavy atom. The maximum Gasteiger partial charge on any atom is 0.335 e. The van der Waals surface area contributed by atoms with Crippen LogP contribution in [-0.4, -0.2) is 23.2 Å². The first-order valence-electron chi connectivity index (χ1n) is 7.87. The number of aromatic carboxylic acids is 1. The third-order valence-electron chi connectivity index (χ3n) is 3.82. The molecule has 2 unspecified atom stereocenters. The van der Waals surface area contributed by atoms with E-state index in [0.717, 1.165) is 31.2 Å². The number of rotatable bonds is 10. The summed E-state index contributed by atoms with van der Waals surface area (Å²) >= 11 is 0. The summed E-state index contributed by atoms with van der Waals surface area (Å²) in [7, 11) is 0. The predicted octanol–water partition coefficient (Wildman–Crippen LogP) is 2.94. The highest BCUT2D eigenvalue weighted by atomic mass is 16.4. The van der Waals surface area contributed by atoms with Gasteiger partial charge in [0.25, 0.3) is 0 Å². The summed E-state index contributed by atoms with van der Waals surface area (Å²) in [5, 5.41) is 9.15. The number of aryl methyl sites for hydroxylation is 1. The van der Waals surface area contributed by atoms with Gasteiger partial charge in [-0.3, -0.25) is 0 Å². The van der Waals surface area contributed by atoms with Crippen LogP contribution in [0.15, 0.2) is 24.3 Å². The van der Waals surface area contributed by atoms with Crippen molar-refractivity contribution in [2.24, 2.45) is 11.5 Å². The molecule has 0 heterocycles. The predicted molar refractivity (Wildman–Crippen MR) is 86.4 cm³/mol. The number of nitrogens with two attached hydrogens (primary N) is 2. The van der Waals surface area contributed by atoms with E-state index in [2.05, 4.69) is 6.92 Å². The Bertz CT molecular complexity index is 435. The van der Waals surface area contributed by atoms with Gasteiger partial charge in [-0.25, -0.2) is 4.79 Å². The lowest BCUT2D eigenvalue weighted by Gasteiger charge is -2.17. The number of hydrogen-bond donors (Lipinski definition) is 3. The van der Waals surface area contributed by atoms with Gasteiger partial charge in [0, 0.05) is 12.1 Å². The maximum atomic E-state index is 11.1. The fourth-order valence-corrected chi connectivity index (χ4v) is 2.57. The SMILES string of the molecule is CCCCCC(N)CC(N)CCc1ccccc1C(=O)O. The van der Waals surface area contributed by atoms with Crippen molar-refractivity contribution in [2.45, 2.75) is 64.0 Å². The van der Waals surface area contributed by atoms with E-state index >= 15 is 0 Å². The molecule has 0 bridgehead atoms. The second-order valence-corrected chi connectivity index (χ2v) is 5.75. The van der Waals surface area contributed by atoms with Crippen molar-refractivity contribution in [3.8, 4) is 0 Å². The van der Waals surface area contributed by atoms with E-state index in [1.807, 2.05) is 12.1 Å². The zero-order chi connectivity index (χ0) is 15.7. The van der Waals surface area contributed by atoms with Gasteiger partial charge in [0.15, 0.2) is 0 Å². The molecule has 5 N–H and O–H groups in total. The molecular formula is C17H28N2O2. The molecule has 0 amide bonds. The highest BCUT2D eigenvalue weighted by Gasteiger charge is 2.13. The van der Waals surface area contributed by atoms with Crippen LogP contribution in [-0.2, 0) is 6.42 Å². The Morgan fingerprint density at radius 3 is 2.48 bits per heavy atom. The van der Waals surface area contributed by atoms with Crippen molar-refractivity contribution in [3.05, 3.63) is 35.4 Å². The summed E-state index contributed by atoms with van der Waals surface area (Å²) in [4.78, 5) is 11.1. The quantitative estimate of drug-likeness (QED) is 0.578. The van der Waals surface area contributed by atoms with Crippen LogP contribution >= 0.6 is 0 Å². The Balaban J connectivity index is 2.39. The Kier molecular flexibility index (Phi) is 8.01. The highest BCUT2D eigenvalue weighted by molar-refractivity contribution is 5.89. The van der Waals surface area contributed by atoms with Crippen molar-refractivity contribution in [2.75, 3.05) is 0 Å². The zero-order valence-corrected chi connectivity index (χ0v) is 12.9. The molecule has 0 saturated carbocycles. The largest absolute Gasteiger partial charge is 0.478 e. The Morgan fingerprint density at radius 1 is 1.14 bits per heavy atom. The van der Waals surface area contributed by atoms with Crippen molar-refractivity contribution in [3.63, 3.8) is 0 Å². The third-order valence-corrected chi connectivity index (χ3v) is 3.82. The van der Waals surface area contributed by atoms with Gasteiger partial charge < -0.3 is 16.6 Å². The topological polar surface area (TPSA) is 89.3 Å². The van der Waals surface area contributed by atoms with E-state index in [9.17, 15) is 4.79 Å². The molecule has 21 heavy (non-hydrogen) atoms. The summed E-state index contributed by atoms with van der Waals surface area (Å²) in [6, 6.07) is 7.29. The highest BCUT2D eigenvalue weighted by Crippen LogP contribution is 2.14. The normalized spacial score (nSPS) is 13.9. The number of unbranched alkanes of at least 4 members (excludes halogenated alkanes) is 2. The fraction of sp³-hybridized carbons (Fsp3) is 0.588. The standard InChI is InChI=1S/C17H28N2O2/c1-2-3-4-8-14(18)12-15(19)11-10-13-7-5-6-9-16(13)17(20)21/h5-7,9,14-15H,2-4,8,10-12,18-19H2,1H3,(H,20,21). The van der Waals surface area contributed by atoms with Gasteiger partial charge in [-0.15, -0.1) is 0 Å². The molecule has 1 rings (SSSR count). The molecule has 0 fully saturated rings. The van der Waals surface area contributed by atoms with Crippen LogP contribution in [0.1, 0.15) is 61.4 Å². The molecular weight excluding hydrogens is 264 g/mol. The molecule has 118 valence electrons. The fourth-order valence-electron chi connectivity index (χ4n) is 2.57. The smallest absolute Gasteiger partial charge is 0.335 e. The molecule has 4 heteroatoms. The average Bonchev–Trinajstić information content (AvgIpc) is 2.45. The van der Waals surface area contributed by atoms with Crippen molar-refractivity contribution in [1.29, 1.82) is 0 Å². The molecule has 0 spiro atoms. The van der Waals surface area contributed by atoms with Crippen LogP contribution in [0.3, 0.4) is 0 Å². The first-order chi connectivity index (χ1) is 10.0. The van der Waals surface area contributed by atoms with Gasteiger partial charge in [0.05, 0.1) is 5.56 Å². The van der Waals surface area contributed by atoms with E-state index in [1.54, 1.807) is 12.1 Å². The van der Waals surface area contributed by atoms with Crippen LogP contribution in [0.5, 0.6) is 0 Å². The molecule has 0 aromatic heterocycles. The van der Waals surface area contributed by atoms with Crippen LogP contribution in [0.25, 0.3) is 0 Å². The number of carboxylic acid groups (broad SMARTS) is 1. The van der Waals surface area contributed by atoms with Gasteiger partial charge in [0.1, 0.15) is 0 Å². The molecule has 2 atom stereocenters. The minimum atomic E-state index is -0.879. The summed E-state index contributed by atoms with van der Waals surface area (Å²) in [5.41, 5.74) is 13.4. The van der Waals surface area contributed by atoms with E-state index in [1.165, 1.54) is 12.8 Å². The first kappa shape index (κ1) is 17.7. The molecule has 4 nitrogen and oxygen atoms in total. The second kappa shape index (κ2) is 9.53. The lowest BCUT2D eigenvalue weighted by atomic mass is 9.96. The monoisotopic (exact) mass is 292 g/mol. The Hall–Kier alpha value is -1.39. The molecule has 1 aromatic rings. The number of carboxylic acids is 1. The van der Waals surface area contributed by atoms with Gasteiger partial charge in [-0.2, -0.15) is 0 Å². The van der Waals surface area contributed by atoms with E-state index in [0.29, 0.717) is 12.0 Å². The summed E-state index contributed by atoms with van der Waals surface area (Å²) in [6.45, 7) is 2.18. The molecule has 1 aromatic carbocycles. The van der Waals surface area contributed by atoms with Gasteiger partial charge in [0.2, 0.25) is 0 Å². The molecule has 0 saturated heterocycles. The maximum absolute atomic E-state index is 11.1. The lowest BCUT2D eigenvalue weighted by molar-refractivity contribution is 0.0695. The minimum absolute atomic E-state index is 0.0310. The van der Waals surface area contributed by atoms with E-state index in [-0.39, 0.29) is 12.1 Å². The Labute approximate surface area is 127 Å². The summed E-state index contributed by atoms with van der Waals surface area (Å²) in [5.74, 6) is -0.879. The van der Waals surface area contributed by atoms with E-state index in [4.69, 9.17) is 16.6 Å². The van der Waals surface area contributed by atoms with Gasteiger partial charge >= 0.3 is 5.97 Å². The van der Waals surface area contributed by atoms with Crippen LogP contribution in [0.4, 0.5) is 0 Å². The third kappa shape index (κ3) is 6.74. The molecule has 0 radical (unpaired) electrons. The van der Waals surface area contributed by atoms with Gasteiger partial charge in [-0.1, -0.05) is 44.4 Å². The molecule has 0 aliphatic carbocycles. The second-order valence-electron chi connectivity index (χ2n) is 5.75. The molecule has 0 aliphatic heterocycles. The number of hydrogen-bond acceptors (Lipinski definition) is 3. The number of benzene rings is 1.